The first kappa shape index (κ1) is 23.7. The van der Waals surface area contributed by atoms with Crippen molar-refractivity contribution in [1.29, 1.82) is 0 Å². The number of benzene rings is 3. The molecule has 4 rings (SSSR count). The van der Waals surface area contributed by atoms with Gasteiger partial charge in [-0.1, -0.05) is 43.3 Å². The van der Waals surface area contributed by atoms with Crippen molar-refractivity contribution in [2.75, 3.05) is 17.7 Å². The van der Waals surface area contributed by atoms with Crippen molar-refractivity contribution >= 4 is 34.2 Å². The molecule has 3 aromatic carbocycles. The fourth-order valence-corrected chi connectivity index (χ4v) is 4.04. The molecule has 0 aliphatic rings. The van der Waals surface area contributed by atoms with Gasteiger partial charge in [-0.3, -0.25) is 19.0 Å². The molecule has 0 saturated heterocycles. The smallest absolute Gasteiger partial charge is 0.278 e. The first-order valence-corrected chi connectivity index (χ1v) is 11.3. The molecule has 1 atom stereocenters. The van der Waals surface area contributed by atoms with Crippen LogP contribution in [0.4, 0.5) is 11.4 Å². The molecule has 0 bridgehead atoms. The Hall–Kier alpha value is -4.46. The number of hydrogen-bond donors (Lipinski definition) is 2. The Morgan fingerprint density at radius 2 is 1.74 bits per heavy atom. The van der Waals surface area contributed by atoms with E-state index in [1.54, 1.807) is 73.8 Å². The standard InChI is InChI=1S/C27H26N4O4/c1-4-23(26(33)29-18-10-9-11-19(16-18)35-3)31-24-15-8-7-14-22(24)30-25(27(31)34)20-12-5-6-13-21(20)28-17(2)32/h5-16,23H,4H2,1-3H3,(H,28,32)(H,29,33)/t23-/m0/s1. The third kappa shape index (κ3) is 4.91. The van der Waals surface area contributed by atoms with Crippen molar-refractivity contribution in [1.82, 2.24) is 9.55 Å². The van der Waals surface area contributed by atoms with Gasteiger partial charge in [0.25, 0.3) is 5.56 Å². The number of anilines is 2. The van der Waals surface area contributed by atoms with E-state index in [0.29, 0.717) is 40.1 Å². The minimum absolute atomic E-state index is 0.153. The second kappa shape index (κ2) is 10.2. The summed E-state index contributed by atoms with van der Waals surface area (Å²) < 4.78 is 6.73. The van der Waals surface area contributed by atoms with E-state index in [1.807, 2.05) is 13.0 Å². The van der Waals surface area contributed by atoms with Gasteiger partial charge in [-0.05, 0) is 36.8 Å². The van der Waals surface area contributed by atoms with Crippen molar-refractivity contribution in [2.24, 2.45) is 0 Å². The molecule has 0 spiro atoms. The largest absolute Gasteiger partial charge is 0.497 e. The van der Waals surface area contributed by atoms with Gasteiger partial charge in [0.2, 0.25) is 11.8 Å². The summed E-state index contributed by atoms with van der Waals surface area (Å²) in [6.07, 6.45) is 0.372. The molecule has 1 aromatic heterocycles. The number of methoxy groups -OCH3 is 1. The number of hydrogen-bond acceptors (Lipinski definition) is 5. The van der Waals surface area contributed by atoms with Gasteiger partial charge in [-0.15, -0.1) is 0 Å². The van der Waals surface area contributed by atoms with Crippen LogP contribution in [0.15, 0.2) is 77.6 Å². The molecule has 2 N–H and O–H groups in total. The molecule has 35 heavy (non-hydrogen) atoms. The number of nitrogens with one attached hydrogen (secondary N) is 2. The van der Waals surface area contributed by atoms with E-state index < -0.39 is 11.6 Å². The average Bonchev–Trinajstić information content (AvgIpc) is 2.85. The molecule has 0 aliphatic carbocycles. The predicted molar refractivity (Wildman–Crippen MR) is 137 cm³/mol. The van der Waals surface area contributed by atoms with Crippen LogP contribution in [-0.2, 0) is 9.59 Å². The maximum atomic E-state index is 13.9. The highest BCUT2D eigenvalue weighted by Gasteiger charge is 2.25. The lowest BCUT2D eigenvalue weighted by atomic mass is 10.1. The fourth-order valence-electron chi connectivity index (χ4n) is 4.04. The minimum atomic E-state index is -0.798. The van der Waals surface area contributed by atoms with Gasteiger partial charge >= 0.3 is 0 Å². The summed E-state index contributed by atoms with van der Waals surface area (Å²) in [6, 6.07) is 20.4. The van der Waals surface area contributed by atoms with Gasteiger partial charge in [0.1, 0.15) is 17.5 Å². The zero-order chi connectivity index (χ0) is 24.9. The monoisotopic (exact) mass is 470 g/mol. The third-order valence-electron chi connectivity index (χ3n) is 5.63. The highest BCUT2D eigenvalue weighted by Crippen LogP contribution is 2.28. The van der Waals surface area contributed by atoms with Gasteiger partial charge in [0.15, 0.2) is 0 Å². The lowest BCUT2D eigenvalue weighted by molar-refractivity contribution is -0.119. The van der Waals surface area contributed by atoms with Gasteiger partial charge in [-0.25, -0.2) is 4.98 Å². The summed E-state index contributed by atoms with van der Waals surface area (Å²) in [5.41, 5.74) is 2.36. The molecule has 0 aliphatic heterocycles. The van der Waals surface area contributed by atoms with E-state index in [0.717, 1.165) is 0 Å². The molecule has 2 amide bonds. The van der Waals surface area contributed by atoms with E-state index in [4.69, 9.17) is 4.74 Å². The Balaban J connectivity index is 1.87. The quantitative estimate of drug-likeness (QED) is 0.410. The second-order valence-corrected chi connectivity index (χ2v) is 8.00. The molecule has 0 unspecified atom stereocenters. The van der Waals surface area contributed by atoms with Crippen molar-refractivity contribution in [3.63, 3.8) is 0 Å². The first-order valence-electron chi connectivity index (χ1n) is 11.3. The summed E-state index contributed by atoms with van der Waals surface area (Å²) in [5, 5.41) is 5.66. The molecule has 8 heteroatoms. The summed E-state index contributed by atoms with van der Waals surface area (Å²) in [5.74, 6) is 0.0159. The number of aromatic nitrogens is 2. The molecule has 8 nitrogen and oxygen atoms in total. The fraction of sp³-hybridized carbons (Fsp3) is 0.185. The zero-order valence-corrected chi connectivity index (χ0v) is 19.7. The maximum absolute atomic E-state index is 13.9. The topological polar surface area (TPSA) is 102 Å². The maximum Gasteiger partial charge on any atom is 0.278 e. The molecular formula is C27H26N4O4. The van der Waals surface area contributed by atoms with E-state index in [2.05, 4.69) is 15.6 Å². The van der Waals surface area contributed by atoms with Crippen LogP contribution >= 0.6 is 0 Å². The SMILES string of the molecule is CC[C@@H](C(=O)Nc1cccc(OC)c1)n1c(=O)c(-c2ccccc2NC(C)=O)nc2ccccc21. The van der Waals surface area contributed by atoms with Crippen LogP contribution < -0.4 is 20.9 Å². The van der Waals surface area contributed by atoms with Crippen LogP contribution in [0.5, 0.6) is 5.75 Å². The van der Waals surface area contributed by atoms with Gasteiger partial charge in [-0.2, -0.15) is 0 Å². The molecular weight excluding hydrogens is 444 g/mol. The number of para-hydroxylation sites is 3. The van der Waals surface area contributed by atoms with Gasteiger partial charge in [0.05, 0.1) is 23.8 Å². The second-order valence-electron chi connectivity index (χ2n) is 8.00. The van der Waals surface area contributed by atoms with Gasteiger partial charge < -0.3 is 15.4 Å². The lowest BCUT2D eigenvalue weighted by Gasteiger charge is -2.21. The minimum Gasteiger partial charge on any atom is -0.497 e. The van der Waals surface area contributed by atoms with Crippen LogP contribution in [0.3, 0.4) is 0 Å². The Morgan fingerprint density at radius 3 is 2.49 bits per heavy atom. The Labute approximate surface area is 202 Å². The van der Waals surface area contributed by atoms with E-state index in [1.165, 1.54) is 11.5 Å². The van der Waals surface area contributed by atoms with Crippen LogP contribution in [0.2, 0.25) is 0 Å². The predicted octanol–water partition coefficient (Wildman–Crippen LogP) is 4.62. The number of carbonyl (C=O) groups is 2. The number of fused-ring (bicyclic) bond motifs is 1. The molecule has 1 heterocycles. The Kier molecular flexibility index (Phi) is 6.91. The van der Waals surface area contributed by atoms with E-state index >= 15 is 0 Å². The Bertz CT molecular complexity index is 1460. The van der Waals surface area contributed by atoms with Crippen LogP contribution in [0.1, 0.15) is 26.3 Å². The molecule has 0 fully saturated rings. The zero-order valence-electron chi connectivity index (χ0n) is 19.7. The van der Waals surface area contributed by atoms with E-state index in [-0.39, 0.29) is 17.5 Å². The summed E-state index contributed by atoms with van der Waals surface area (Å²) in [4.78, 5) is 43.6. The van der Waals surface area contributed by atoms with Crippen molar-refractivity contribution in [2.45, 2.75) is 26.3 Å². The summed E-state index contributed by atoms with van der Waals surface area (Å²) in [7, 11) is 1.55. The highest BCUT2D eigenvalue weighted by atomic mass is 16.5. The van der Waals surface area contributed by atoms with Crippen molar-refractivity contribution < 1.29 is 14.3 Å². The van der Waals surface area contributed by atoms with Crippen LogP contribution in [0, 0.1) is 0 Å². The number of rotatable bonds is 7. The lowest BCUT2D eigenvalue weighted by Crippen LogP contribution is -2.34. The first-order chi connectivity index (χ1) is 16.9. The number of carbonyl (C=O) groups excluding carboxylic acids is 2. The molecule has 178 valence electrons. The highest BCUT2D eigenvalue weighted by molar-refractivity contribution is 5.96. The Morgan fingerprint density at radius 1 is 1.00 bits per heavy atom. The molecule has 4 aromatic rings. The van der Waals surface area contributed by atoms with E-state index in [9.17, 15) is 14.4 Å². The number of ether oxygens (including phenoxy) is 1. The average molecular weight is 471 g/mol. The van der Waals surface area contributed by atoms with Crippen molar-refractivity contribution in [3.05, 3.63) is 83.2 Å². The normalized spacial score (nSPS) is 11.6. The molecule has 0 radical (unpaired) electrons. The third-order valence-corrected chi connectivity index (χ3v) is 5.63. The van der Waals surface area contributed by atoms with Gasteiger partial charge in [0, 0.05) is 24.2 Å². The summed E-state index contributed by atoms with van der Waals surface area (Å²) in [6.45, 7) is 3.25. The molecule has 0 saturated carbocycles. The van der Waals surface area contributed by atoms with Crippen molar-refractivity contribution in [3.8, 4) is 17.0 Å². The summed E-state index contributed by atoms with van der Waals surface area (Å²) >= 11 is 0. The van der Waals surface area contributed by atoms with Crippen LogP contribution in [-0.4, -0.2) is 28.5 Å². The van der Waals surface area contributed by atoms with Crippen LogP contribution in [0.25, 0.3) is 22.3 Å². The number of nitrogens with zero attached hydrogens (tertiary/aromatic N) is 2. The number of amides is 2.